The monoisotopic (exact) mass is 283 g/mol. The maximum absolute atomic E-state index is 11.5. The average molecular weight is 283 g/mol. The molecule has 6 heteroatoms. The van der Waals surface area contributed by atoms with Crippen molar-refractivity contribution in [3.8, 4) is 0 Å². The molecule has 5 nitrogen and oxygen atoms in total. The highest BCUT2D eigenvalue weighted by atomic mass is 32.2. The SMILES string of the molecule is CCSCC(NC(=O)OCc1ccccc1)C(=O)O. The van der Waals surface area contributed by atoms with Crippen LogP contribution in [0.1, 0.15) is 12.5 Å². The Balaban J connectivity index is 2.38. The smallest absolute Gasteiger partial charge is 0.408 e. The summed E-state index contributed by atoms with van der Waals surface area (Å²) in [6, 6.07) is 8.28. The number of thioether (sulfide) groups is 1. The highest BCUT2D eigenvalue weighted by Gasteiger charge is 2.20. The fourth-order valence-corrected chi connectivity index (χ4v) is 2.01. The number of benzene rings is 1. The largest absolute Gasteiger partial charge is 0.480 e. The van der Waals surface area contributed by atoms with Crippen molar-refractivity contribution in [1.82, 2.24) is 5.32 Å². The molecule has 0 saturated heterocycles. The number of carboxylic acid groups (broad SMARTS) is 1. The first-order valence-corrected chi connectivity index (χ1v) is 7.06. The second kappa shape index (κ2) is 8.42. The standard InChI is InChI=1S/C13H17NO4S/c1-2-19-9-11(12(15)16)14-13(17)18-8-10-6-4-3-5-7-10/h3-7,11H,2,8-9H2,1H3,(H,14,17)(H,15,16). The molecule has 1 unspecified atom stereocenters. The third-order valence-corrected chi connectivity index (χ3v) is 3.27. The van der Waals surface area contributed by atoms with Crippen LogP contribution in [-0.4, -0.2) is 34.7 Å². The number of carbonyl (C=O) groups excluding carboxylic acids is 1. The molecule has 0 heterocycles. The van der Waals surface area contributed by atoms with Crippen LogP contribution in [-0.2, 0) is 16.1 Å². The van der Waals surface area contributed by atoms with Gasteiger partial charge < -0.3 is 15.2 Å². The van der Waals surface area contributed by atoms with Crippen LogP contribution in [0.5, 0.6) is 0 Å². The zero-order valence-corrected chi connectivity index (χ0v) is 11.5. The molecule has 19 heavy (non-hydrogen) atoms. The first kappa shape index (κ1) is 15.4. The van der Waals surface area contributed by atoms with Crippen molar-refractivity contribution >= 4 is 23.8 Å². The van der Waals surface area contributed by atoms with Crippen LogP contribution in [0.15, 0.2) is 30.3 Å². The van der Waals surface area contributed by atoms with Crippen molar-refractivity contribution < 1.29 is 19.4 Å². The third kappa shape index (κ3) is 6.15. The Morgan fingerprint density at radius 2 is 2.05 bits per heavy atom. The average Bonchev–Trinajstić information content (AvgIpc) is 2.42. The van der Waals surface area contributed by atoms with E-state index in [0.717, 1.165) is 11.3 Å². The lowest BCUT2D eigenvalue weighted by Crippen LogP contribution is -2.42. The minimum absolute atomic E-state index is 0.125. The van der Waals surface area contributed by atoms with E-state index < -0.39 is 18.1 Å². The summed E-state index contributed by atoms with van der Waals surface area (Å²) < 4.78 is 4.97. The van der Waals surface area contributed by atoms with Gasteiger partial charge in [0.2, 0.25) is 0 Å². The molecule has 2 N–H and O–H groups in total. The maximum Gasteiger partial charge on any atom is 0.408 e. The summed E-state index contributed by atoms with van der Waals surface area (Å²) in [5, 5.41) is 11.3. The van der Waals surface area contributed by atoms with Gasteiger partial charge in [0.25, 0.3) is 0 Å². The van der Waals surface area contributed by atoms with E-state index >= 15 is 0 Å². The fourth-order valence-electron chi connectivity index (χ4n) is 1.32. The topological polar surface area (TPSA) is 75.6 Å². The van der Waals surface area contributed by atoms with E-state index in [1.807, 2.05) is 37.3 Å². The summed E-state index contributed by atoms with van der Waals surface area (Å²) in [6.45, 7) is 2.05. The van der Waals surface area contributed by atoms with Crippen molar-refractivity contribution in [3.05, 3.63) is 35.9 Å². The van der Waals surface area contributed by atoms with E-state index in [-0.39, 0.29) is 6.61 Å². The van der Waals surface area contributed by atoms with E-state index in [4.69, 9.17) is 9.84 Å². The molecule has 1 aromatic carbocycles. The number of hydrogen-bond acceptors (Lipinski definition) is 4. The van der Waals surface area contributed by atoms with Gasteiger partial charge in [-0.25, -0.2) is 9.59 Å². The maximum atomic E-state index is 11.5. The predicted molar refractivity (Wildman–Crippen MR) is 74.2 cm³/mol. The van der Waals surface area contributed by atoms with Gasteiger partial charge in [0.15, 0.2) is 0 Å². The Hall–Kier alpha value is -1.69. The number of carboxylic acids is 1. The second-order valence-corrected chi connectivity index (χ2v) is 5.08. The van der Waals surface area contributed by atoms with E-state index in [1.165, 1.54) is 11.8 Å². The summed E-state index contributed by atoms with van der Waals surface area (Å²) in [5.74, 6) is 0.0641. The molecule has 0 saturated carbocycles. The summed E-state index contributed by atoms with van der Waals surface area (Å²) >= 11 is 1.45. The van der Waals surface area contributed by atoms with Crippen molar-refractivity contribution in [2.75, 3.05) is 11.5 Å². The van der Waals surface area contributed by atoms with Gasteiger partial charge in [-0.2, -0.15) is 11.8 Å². The molecule has 104 valence electrons. The minimum atomic E-state index is -1.06. The summed E-state index contributed by atoms with van der Waals surface area (Å²) in [5.41, 5.74) is 0.854. The van der Waals surface area contributed by atoms with Crippen LogP contribution in [0.2, 0.25) is 0 Å². The number of amides is 1. The van der Waals surface area contributed by atoms with E-state index in [9.17, 15) is 9.59 Å². The van der Waals surface area contributed by atoms with Gasteiger partial charge in [-0.15, -0.1) is 0 Å². The summed E-state index contributed by atoms with van der Waals surface area (Å²) in [6.07, 6.45) is -0.715. The number of aliphatic carboxylic acids is 1. The number of ether oxygens (including phenoxy) is 1. The Kier molecular flexibility index (Phi) is 6.81. The molecule has 0 radical (unpaired) electrons. The first-order chi connectivity index (χ1) is 9.13. The molecular formula is C13H17NO4S. The zero-order chi connectivity index (χ0) is 14.1. The van der Waals surface area contributed by atoms with Crippen molar-refractivity contribution in [1.29, 1.82) is 0 Å². The Bertz CT molecular complexity index is 410. The summed E-state index contributed by atoms with van der Waals surface area (Å²) in [4.78, 5) is 22.4. The van der Waals surface area contributed by atoms with Gasteiger partial charge >= 0.3 is 12.1 Å². The molecule has 0 fully saturated rings. The van der Waals surface area contributed by atoms with Crippen LogP contribution in [0, 0.1) is 0 Å². The van der Waals surface area contributed by atoms with Gasteiger partial charge in [-0.05, 0) is 11.3 Å². The van der Waals surface area contributed by atoms with Crippen molar-refractivity contribution in [2.45, 2.75) is 19.6 Å². The third-order valence-electron chi connectivity index (χ3n) is 2.29. The zero-order valence-electron chi connectivity index (χ0n) is 10.7. The molecular weight excluding hydrogens is 266 g/mol. The van der Waals surface area contributed by atoms with Crippen LogP contribution in [0.4, 0.5) is 4.79 Å². The predicted octanol–water partition coefficient (Wildman–Crippen LogP) is 2.12. The van der Waals surface area contributed by atoms with Gasteiger partial charge in [0, 0.05) is 5.75 Å². The Morgan fingerprint density at radius 1 is 1.37 bits per heavy atom. The van der Waals surface area contributed by atoms with E-state index in [2.05, 4.69) is 5.32 Å². The second-order valence-electron chi connectivity index (χ2n) is 3.76. The highest BCUT2D eigenvalue weighted by Crippen LogP contribution is 2.04. The van der Waals surface area contributed by atoms with Gasteiger partial charge in [-0.3, -0.25) is 0 Å². The van der Waals surface area contributed by atoms with Crippen LogP contribution in [0.3, 0.4) is 0 Å². The summed E-state index contributed by atoms with van der Waals surface area (Å²) in [7, 11) is 0. The van der Waals surface area contributed by atoms with Crippen LogP contribution >= 0.6 is 11.8 Å². The lowest BCUT2D eigenvalue weighted by molar-refractivity contribution is -0.138. The minimum Gasteiger partial charge on any atom is -0.480 e. The number of hydrogen-bond donors (Lipinski definition) is 2. The van der Waals surface area contributed by atoms with E-state index in [0.29, 0.717) is 5.75 Å². The van der Waals surface area contributed by atoms with Crippen molar-refractivity contribution in [2.24, 2.45) is 0 Å². The molecule has 0 aliphatic heterocycles. The first-order valence-electron chi connectivity index (χ1n) is 5.91. The Morgan fingerprint density at radius 3 is 2.63 bits per heavy atom. The van der Waals surface area contributed by atoms with Crippen LogP contribution in [0.25, 0.3) is 0 Å². The van der Waals surface area contributed by atoms with Crippen LogP contribution < -0.4 is 5.32 Å². The lowest BCUT2D eigenvalue weighted by atomic mass is 10.2. The number of nitrogens with one attached hydrogen (secondary N) is 1. The molecule has 0 bridgehead atoms. The molecule has 1 rings (SSSR count). The molecule has 1 atom stereocenters. The Labute approximate surface area is 116 Å². The molecule has 0 aliphatic rings. The fraction of sp³-hybridized carbons (Fsp3) is 0.385. The number of rotatable bonds is 7. The number of alkyl carbamates (subject to hydrolysis) is 1. The molecule has 0 spiro atoms. The normalized spacial score (nSPS) is 11.6. The molecule has 1 aromatic rings. The quantitative estimate of drug-likeness (QED) is 0.801. The van der Waals surface area contributed by atoms with Gasteiger partial charge in [0.05, 0.1) is 0 Å². The lowest BCUT2D eigenvalue weighted by Gasteiger charge is -2.13. The molecule has 1 amide bonds. The van der Waals surface area contributed by atoms with E-state index in [1.54, 1.807) is 0 Å². The van der Waals surface area contributed by atoms with Gasteiger partial charge in [-0.1, -0.05) is 37.3 Å². The van der Waals surface area contributed by atoms with Gasteiger partial charge in [0.1, 0.15) is 12.6 Å². The highest BCUT2D eigenvalue weighted by molar-refractivity contribution is 7.99. The van der Waals surface area contributed by atoms with Crippen molar-refractivity contribution in [3.63, 3.8) is 0 Å². The molecule has 0 aliphatic carbocycles. The molecule has 0 aromatic heterocycles. The number of carbonyl (C=O) groups is 2.